The van der Waals surface area contributed by atoms with Crippen molar-refractivity contribution in [1.29, 1.82) is 0 Å². The van der Waals surface area contributed by atoms with Crippen molar-refractivity contribution in [2.75, 3.05) is 12.9 Å². The van der Waals surface area contributed by atoms with Crippen molar-refractivity contribution >= 4 is 35.2 Å². The van der Waals surface area contributed by atoms with E-state index in [2.05, 4.69) is 10.5 Å². The quantitative estimate of drug-likeness (QED) is 0.484. The van der Waals surface area contributed by atoms with E-state index >= 15 is 0 Å². The van der Waals surface area contributed by atoms with Gasteiger partial charge in [0, 0.05) is 9.77 Å². The van der Waals surface area contributed by atoms with Crippen molar-refractivity contribution in [2.45, 2.75) is 11.4 Å². The summed E-state index contributed by atoms with van der Waals surface area (Å²) in [5.74, 6) is -0.182. The lowest BCUT2D eigenvalue weighted by molar-refractivity contribution is -0.125. The second kappa shape index (κ2) is 8.49. The highest BCUT2D eigenvalue weighted by Gasteiger charge is 2.01. The maximum absolute atomic E-state index is 11.5. The van der Waals surface area contributed by atoms with Crippen LogP contribution in [0.3, 0.4) is 0 Å². The lowest BCUT2D eigenvalue weighted by Gasteiger charge is -2.02. The molecule has 2 aromatic rings. The van der Waals surface area contributed by atoms with Gasteiger partial charge in [0.2, 0.25) is 0 Å². The van der Waals surface area contributed by atoms with Crippen molar-refractivity contribution in [2.24, 2.45) is 5.16 Å². The second-order valence-electron chi connectivity index (χ2n) is 4.14. The maximum Gasteiger partial charge on any atom is 0.261 e. The van der Waals surface area contributed by atoms with Crippen LogP contribution in [0.5, 0.6) is 0 Å². The van der Waals surface area contributed by atoms with Crippen LogP contribution in [-0.4, -0.2) is 25.0 Å². The number of hydrogen-bond acceptors (Lipinski definition) is 5. The van der Waals surface area contributed by atoms with Gasteiger partial charge in [0.25, 0.3) is 5.91 Å². The first-order valence-electron chi connectivity index (χ1n) is 6.36. The maximum atomic E-state index is 11.5. The molecule has 2 rings (SSSR count). The molecule has 0 fully saturated rings. The van der Waals surface area contributed by atoms with Crippen LogP contribution in [0.1, 0.15) is 10.4 Å². The van der Waals surface area contributed by atoms with E-state index < -0.39 is 0 Å². The van der Waals surface area contributed by atoms with Crippen LogP contribution in [0, 0.1) is 0 Å². The first-order chi connectivity index (χ1) is 10.3. The normalized spacial score (nSPS) is 10.7. The largest absolute Gasteiger partial charge is 0.386 e. The number of amides is 1. The van der Waals surface area contributed by atoms with Crippen LogP contribution in [0.15, 0.2) is 51.8 Å². The molecular formula is C15H16N2O2S2. The number of hydrogen-bond donors (Lipinski definition) is 1. The molecule has 1 amide bonds. The number of thioether (sulfide) groups is 1. The Kier molecular flexibility index (Phi) is 6.30. The Bertz CT molecular complexity index is 580. The average Bonchev–Trinajstić information content (AvgIpc) is 3.03. The molecule has 0 aliphatic carbocycles. The minimum Gasteiger partial charge on any atom is -0.386 e. The third-order valence-electron chi connectivity index (χ3n) is 2.63. The third-order valence-corrected chi connectivity index (χ3v) is 4.25. The number of thiophene rings is 1. The first kappa shape index (κ1) is 15.6. The van der Waals surface area contributed by atoms with Crippen molar-refractivity contribution in [3.63, 3.8) is 0 Å². The number of rotatable bonds is 7. The highest BCUT2D eigenvalue weighted by molar-refractivity contribution is 7.98. The molecule has 0 saturated carbocycles. The third kappa shape index (κ3) is 5.61. The topological polar surface area (TPSA) is 50.7 Å². The summed E-state index contributed by atoms with van der Waals surface area (Å²) < 4.78 is 0. The zero-order valence-corrected chi connectivity index (χ0v) is 13.2. The van der Waals surface area contributed by atoms with Crippen molar-refractivity contribution in [3.05, 3.63) is 52.2 Å². The highest BCUT2D eigenvalue weighted by Crippen LogP contribution is 2.13. The summed E-state index contributed by atoms with van der Waals surface area (Å²) in [5.41, 5.74) is 0.937. The van der Waals surface area contributed by atoms with Gasteiger partial charge >= 0.3 is 0 Å². The fraction of sp³-hybridized carbons (Fsp3) is 0.200. The first-order valence-corrected chi connectivity index (χ1v) is 8.47. The number of nitrogens with zero attached hydrogens (tertiary/aromatic N) is 1. The summed E-state index contributed by atoms with van der Waals surface area (Å²) in [6.07, 6.45) is 3.62. The molecule has 0 saturated heterocycles. The van der Waals surface area contributed by atoms with Gasteiger partial charge in [-0.3, -0.25) is 4.79 Å². The van der Waals surface area contributed by atoms with Gasteiger partial charge in [0.05, 0.1) is 12.8 Å². The molecule has 1 N–H and O–H groups in total. The molecule has 1 heterocycles. The van der Waals surface area contributed by atoms with E-state index in [9.17, 15) is 4.79 Å². The highest BCUT2D eigenvalue weighted by atomic mass is 32.2. The summed E-state index contributed by atoms with van der Waals surface area (Å²) >= 11 is 3.29. The van der Waals surface area contributed by atoms with Gasteiger partial charge < -0.3 is 10.2 Å². The molecule has 1 aromatic carbocycles. The van der Waals surface area contributed by atoms with Crippen molar-refractivity contribution in [3.8, 4) is 0 Å². The number of carbonyl (C=O) groups is 1. The molecule has 0 atom stereocenters. The van der Waals surface area contributed by atoms with E-state index in [0.29, 0.717) is 6.54 Å². The van der Waals surface area contributed by atoms with E-state index in [-0.39, 0.29) is 12.5 Å². The van der Waals surface area contributed by atoms with Crippen molar-refractivity contribution in [1.82, 2.24) is 5.32 Å². The van der Waals surface area contributed by atoms with Gasteiger partial charge in [-0.05, 0) is 35.4 Å². The van der Waals surface area contributed by atoms with Crippen LogP contribution in [0.25, 0.3) is 0 Å². The Morgan fingerprint density at radius 3 is 2.86 bits per heavy atom. The van der Waals surface area contributed by atoms with E-state index in [4.69, 9.17) is 4.84 Å². The lowest BCUT2D eigenvalue weighted by Crippen LogP contribution is -2.26. The fourth-order valence-electron chi connectivity index (χ4n) is 1.53. The summed E-state index contributed by atoms with van der Waals surface area (Å²) in [6, 6.07) is 11.9. The van der Waals surface area contributed by atoms with Crippen molar-refractivity contribution < 1.29 is 9.63 Å². The lowest BCUT2D eigenvalue weighted by atomic mass is 10.2. The molecule has 21 heavy (non-hydrogen) atoms. The molecule has 0 unspecified atom stereocenters. The summed E-state index contributed by atoms with van der Waals surface area (Å²) in [6.45, 7) is 0.449. The molecule has 4 nitrogen and oxygen atoms in total. The Morgan fingerprint density at radius 1 is 1.38 bits per heavy atom. The predicted octanol–water partition coefficient (Wildman–Crippen LogP) is 3.14. The minimum absolute atomic E-state index is 0.0786. The van der Waals surface area contributed by atoms with Crippen LogP contribution >= 0.6 is 23.1 Å². The van der Waals surface area contributed by atoms with E-state index in [1.807, 2.05) is 48.0 Å². The van der Waals surface area contributed by atoms with Gasteiger partial charge in [-0.1, -0.05) is 23.4 Å². The molecule has 1 aromatic heterocycles. The Morgan fingerprint density at radius 2 is 2.19 bits per heavy atom. The molecule has 0 bridgehead atoms. The van der Waals surface area contributed by atoms with Crippen LogP contribution in [0.2, 0.25) is 0 Å². The zero-order chi connectivity index (χ0) is 14.9. The molecule has 0 radical (unpaired) electrons. The van der Waals surface area contributed by atoms with Gasteiger partial charge in [-0.15, -0.1) is 23.1 Å². The van der Waals surface area contributed by atoms with Gasteiger partial charge in [0.15, 0.2) is 6.61 Å². The zero-order valence-electron chi connectivity index (χ0n) is 11.6. The molecule has 0 aliphatic rings. The predicted molar refractivity (Wildman–Crippen MR) is 87.9 cm³/mol. The molecular weight excluding hydrogens is 304 g/mol. The smallest absolute Gasteiger partial charge is 0.261 e. The SMILES string of the molecule is CSc1ccc(/C=N/OCC(=O)NCc2cccs2)cc1. The van der Waals surface area contributed by atoms with Crippen LogP contribution < -0.4 is 5.32 Å². The molecule has 0 spiro atoms. The Hall–Kier alpha value is -1.79. The van der Waals surface area contributed by atoms with E-state index in [1.165, 1.54) is 4.90 Å². The monoisotopic (exact) mass is 320 g/mol. The van der Waals surface area contributed by atoms with E-state index in [0.717, 1.165) is 10.4 Å². The van der Waals surface area contributed by atoms with Crippen LogP contribution in [0.4, 0.5) is 0 Å². The van der Waals surface area contributed by atoms with Gasteiger partial charge in [0.1, 0.15) is 0 Å². The summed E-state index contributed by atoms with van der Waals surface area (Å²) in [7, 11) is 0. The summed E-state index contributed by atoms with van der Waals surface area (Å²) in [5, 5.41) is 8.54. The molecule has 110 valence electrons. The Balaban J connectivity index is 1.67. The number of oxime groups is 1. The van der Waals surface area contributed by atoms with E-state index in [1.54, 1.807) is 29.3 Å². The fourth-order valence-corrected chi connectivity index (χ4v) is 2.59. The Labute approximate surface area is 132 Å². The molecule has 0 aliphatic heterocycles. The standard InChI is InChI=1S/C15H16N2O2S2/c1-20-13-6-4-12(5-7-13)9-17-19-11-15(18)16-10-14-3-2-8-21-14/h2-9H,10-11H2,1H3,(H,16,18)/b17-9+. The second-order valence-corrected chi connectivity index (χ2v) is 6.05. The minimum atomic E-state index is -0.182. The van der Waals surface area contributed by atoms with Gasteiger partial charge in [-0.2, -0.15) is 0 Å². The number of nitrogens with one attached hydrogen (secondary N) is 1. The van der Waals surface area contributed by atoms with Crippen LogP contribution in [-0.2, 0) is 16.2 Å². The number of benzene rings is 1. The number of carbonyl (C=O) groups excluding carboxylic acids is 1. The summed E-state index contributed by atoms with van der Waals surface area (Å²) in [4.78, 5) is 18.8. The average molecular weight is 320 g/mol. The molecule has 6 heteroatoms. The van der Waals surface area contributed by atoms with Gasteiger partial charge in [-0.25, -0.2) is 0 Å².